The summed E-state index contributed by atoms with van der Waals surface area (Å²) in [6, 6.07) is 14.1. The number of nitrogens with zero attached hydrogens (tertiary/aromatic N) is 3. The van der Waals surface area contributed by atoms with Gasteiger partial charge in [0, 0.05) is 22.7 Å². The van der Waals surface area contributed by atoms with Gasteiger partial charge in [0.25, 0.3) is 5.56 Å². The minimum absolute atomic E-state index is 0.159. The molecule has 7 heteroatoms. The number of carbonyl (C=O) groups excluding carboxylic acids is 1. The number of rotatable bonds is 6. The van der Waals surface area contributed by atoms with Crippen molar-refractivity contribution in [1.82, 2.24) is 9.13 Å². The zero-order chi connectivity index (χ0) is 28.9. The molecule has 0 fully saturated rings. The van der Waals surface area contributed by atoms with Gasteiger partial charge in [-0.25, -0.2) is 9.79 Å². The SMILES string of the molecule is CCOC(=O)C1=C(C)N=c2s/c(=C\c3c(C)n(C(C)C)c4c(C)cccc34)c(=O)n2[C@H]1c1ccc(C(C)C)cc1. The minimum Gasteiger partial charge on any atom is -0.463 e. The highest BCUT2D eigenvalue weighted by Crippen LogP contribution is 2.33. The van der Waals surface area contributed by atoms with Crippen molar-refractivity contribution in [2.75, 3.05) is 6.61 Å². The number of esters is 1. The Labute approximate surface area is 239 Å². The molecule has 0 bridgehead atoms. The lowest BCUT2D eigenvalue weighted by atomic mass is 9.93. The Bertz CT molecular complexity index is 1830. The Kier molecular flexibility index (Phi) is 7.44. The van der Waals surface area contributed by atoms with Gasteiger partial charge in [-0.2, -0.15) is 0 Å². The lowest BCUT2D eigenvalue weighted by Gasteiger charge is -2.25. The second-order valence-corrected chi connectivity index (χ2v) is 12.1. The molecule has 6 nitrogen and oxygen atoms in total. The quantitative estimate of drug-likeness (QED) is 0.271. The van der Waals surface area contributed by atoms with E-state index in [0.717, 1.165) is 22.2 Å². The van der Waals surface area contributed by atoms with Crippen LogP contribution < -0.4 is 14.9 Å². The highest BCUT2D eigenvalue weighted by Gasteiger charge is 2.33. The van der Waals surface area contributed by atoms with Crippen LogP contribution in [0.4, 0.5) is 0 Å². The summed E-state index contributed by atoms with van der Waals surface area (Å²) in [5, 5.41) is 1.13. The first-order chi connectivity index (χ1) is 19.0. The molecule has 0 unspecified atom stereocenters. The first-order valence-corrected chi connectivity index (χ1v) is 14.8. The van der Waals surface area contributed by atoms with E-state index >= 15 is 0 Å². The molecule has 0 spiro atoms. The summed E-state index contributed by atoms with van der Waals surface area (Å²) in [7, 11) is 0. The van der Waals surface area contributed by atoms with Gasteiger partial charge in [-0.3, -0.25) is 9.36 Å². The van der Waals surface area contributed by atoms with Crippen molar-refractivity contribution in [2.24, 2.45) is 4.99 Å². The molecule has 0 amide bonds. The summed E-state index contributed by atoms with van der Waals surface area (Å²) in [6.07, 6.45) is 2.00. The van der Waals surface area contributed by atoms with Gasteiger partial charge >= 0.3 is 5.97 Å². The van der Waals surface area contributed by atoms with Crippen LogP contribution in [0.3, 0.4) is 0 Å². The smallest absolute Gasteiger partial charge is 0.338 e. The molecule has 2 aromatic carbocycles. The number of thiazole rings is 1. The molecule has 1 aliphatic heterocycles. The second kappa shape index (κ2) is 10.7. The van der Waals surface area contributed by atoms with E-state index in [1.165, 1.54) is 28.0 Å². The van der Waals surface area contributed by atoms with E-state index in [-0.39, 0.29) is 18.2 Å². The van der Waals surface area contributed by atoms with Crippen molar-refractivity contribution in [1.29, 1.82) is 0 Å². The van der Waals surface area contributed by atoms with Crippen molar-refractivity contribution < 1.29 is 9.53 Å². The predicted octanol–water partition coefficient (Wildman–Crippen LogP) is 6.07. The molecule has 0 aliphatic carbocycles. The standard InChI is InChI=1S/C33H37N3O3S/c1-9-39-32(38)28-21(7)34-33-36(30(28)24-15-13-23(14-16-24)18(2)3)31(37)27(40-33)17-26-22(8)35(19(4)5)29-20(6)11-10-12-25(26)29/h10-19,30H,9H2,1-8H3/b27-17-/t30-/m0/s1. The molecule has 2 aromatic heterocycles. The van der Waals surface area contributed by atoms with Crippen molar-refractivity contribution in [2.45, 2.75) is 73.4 Å². The molecule has 208 valence electrons. The predicted molar refractivity (Wildman–Crippen MR) is 163 cm³/mol. The lowest BCUT2D eigenvalue weighted by molar-refractivity contribution is -0.139. The topological polar surface area (TPSA) is 65.6 Å². The summed E-state index contributed by atoms with van der Waals surface area (Å²) < 4.78 is 10.0. The largest absolute Gasteiger partial charge is 0.463 e. The van der Waals surface area contributed by atoms with E-state index in [1.54, 1.807) is 11.5 Å². The highest BCUT2D eigenvalue weighted by molar-refractivity contribution is 7.07. The van der Waals surface area contributed by atoms with Crippen molar-refractivity contribution in [3.05, 3.63) is 101 Å². The zero-order valence-corrected chi connectivity index (χ0v) is 25.3. The van der Waals surface area contributed by atoms with E-state index in [4.69, 9.17) is 9.73 Å². The van der Waals surface area contributed by atoms with Crippen LogP contribution in [0.25, 0.3) is 17.0 Å². The molecule has 0 saturated carbocycles. The zero-order valence-electron chi connectivity index (χ0n) is 24.5. The number of allylic oxidation sites excluding steroid dienone is 1. The van der Waals surface area contributed by atoms with Gasteiger partial charge in [-0.1, -0.05) is 67.6 Å². The van der Waals surface area contributed by atoms with Crippen LogP contribution in [-0.2, 0) is 9.53 Å². The van der Waals surface area contributed by atoms with E-state index in [1.807, 2.05) is 25.1 Å². The maximum atomic E-state index is 14.2. The van der Waals surface area contributed by atoms with Crippen LogP contribution in [0.2, 0.25) is 0 Å². The van der Waals surface area contributed by atoms with Gasteiger partial charge in [0.15, 0.2) is 4.80 Å². The second-order valence-electron chi connectivity index (χ2n) is 11.1. The van der Waals surface area contributed by atoms with E-state index < -0.39 is 12.0 Å². The van der Waals surface area contributed by atoms with Gasteiger partial charge in [-0.15, -0.1) is 0 Å². The van der Waals surface area contributed by atoms with Crippen molar-refractivity contribution in [3.8, 4) is 0 Å². The Morgan fingerprint density at radius 1 is 1.07 bits per heavy atom. The van der Waals surface area contributed by atoms with Gasteiger partial charge in [0.05, 0.1) is 34.0 Å². The number of aryl methyl sites for hydroxylation is 1. The maximum Gasteiger partial charge on any atom is 0.338 e. The highest BCUT2D eigenvalue weighted by atomic mass is 32.1. The third-order valence-corrected chi connectivity index (χ3v) is 8.73. The molecular formula is C33H37N3O3S. The van der Waals surface area contributed by atoms with E-state index in [0.29, 0.717) is 26.5 Å². The number of fused-ring (bicyclic) bond motifs is 2. The van der Waals surface area contributed by atoms with Crippen LogP contribution in [0.1, 0.15) is 87.5 Å². The summed E-state index contributed by atoms with van der Waals surface area (Å²) in [5.41, 5.74) is 7.43. The fourth-order valence-electron chi connectivity index (χ4n) is 5.82. The first kappa shape index (κ1) is 27.8. The molecule has 1 aliphatic rings. The van der Waals surface area contributed by atoms with Crippen LogP contribution >= 0.6 is 11.3 Å². The van der Waals surface area contributed by atoms with Gasteiger partial charge in [0.1, 0.15) is 0 Å². The third-order valence-electron chi connectivity index (χ3n) is 7.75. The molecule has 1 atom stereocenters. The number of para-hydroxylation sites is 1. The number of carbonyl (C=O) groups is 1. The Balaban J connectivity index is 1.77. The number of ether oxygens (including phenoxy) is 1. The molecule has 5 rings (SSSR count). The van der Waals surface area contributed by atoms with Gasteiger partial charge in [0.2, 0.25) is 0 Å². The first-order valence-electron chi connectivity index (χ1n) is 13.9. The summed E-state index contributed by atoms with van der Waals surface area (Å²) in [4.78, 5) is 32.7. The van der Waals surface area contributed by atoms with Crippen molar-refractivity contribution in [3.63, 3.8) is 0 Å². The maximum absolute atomic E-state index is 14.2. The lowest BCUT2D eigenvalue weighted by Crippen LogP contribution is -2.40. The van der Waals surface area contributed by atoms with E-state index in [9.17, 15) is 9.59 Å². The summed E-state index contributed by atoms with van der Waals surface area (Å²) in [6.45, 7) is 16.7. The monoisotopic (exact) mass is 555 g/mol. The fourth-order valence-corrected chi connectivity index (χ4v) is 6.85. The minimum atomic E-state index is -0.612. The van der Waals surface area contributed by atoms with Crippen LogP contribution in [0, 0.1) is 13.8 Å². The van der Waals surface area contributed by atoms with Crippen LogP contribution in [0.15, 0.2) is 63.5 Å². The molecular weight excluding hydrogens is 518 g/mol. The number of hydrogen-bond donors (Lipinski definition) is 0. The van der Waals surface area contributed by atoms with Crippen LogP contribution in [-0.4, -0.2) is 21.7 Å². The van der Waals surface area contributed by atoms with Gasteiger partial charge < -0.3 is 9.30 Å². The molecule has 0 radical (unpaired) electrons. The van der Waals surface area contributed by atoms with E-state index in [2.05, 4.69) is 76.4 Å². The summed E-state index contributed by atoms with van der Waals surface area (Å²) >= 11 is 1.37. The normalized spacial score (nSPS) is 15.8. The fraction of sp³-hybridized carbons (Fsp3) is 0.364. The van der Waals surface area contributed by atoms with Gasteiger partial charge in [-0.05, 0) is 70.2 Å². The molecule has 40 heavy (non-hydrogen) atoms. The molecule has 4 aromatic rings. The third kappa shape index (κ3) is 4.56. The molecule has 3 heterocycles. The van der Waals surface area contributed by atoms with Crippen molar-refractivity contribution >= 4 is 34.3 Å². The Morgan fingerprint density at radius 3 is 2.40 bits per heavy atom. The average molecular weight is 556 g/mol. The Hall–Kier alpha value is -3.71. The number of aromatic nitrogens is 2. The number of benzene rings is 2. The average Bonchev–Trinajstić information content (AvgIpc) is 3.37. The number of hydrogen-bond acceptors (Lipinski definition) is 5. The Morgan fingerprint density at radius 2 is 1.77 bits per heavy atom. The molecule has 0 N–H and O–H groups in total. The van der Waals surface area contributed by atoms with Crippen LogP contribution in [0.5, 0.6) is 0 Å². The summed E-state index contributed by atoms with van der Waals surface area (Å²) in [5.74, 6) is -0.0695. The molecule has 0 saturated heterocycles.